The number of phenolic OH excluding ortho intramolecular Hbond substituents is 1. The summed E-state index contributed by atoms with van der Waals surface area (Å²) >= 11 is 0. The third-order valence-electron chi connectivity index (χ3n) is 5.15. The molecule has 1 fully saturated rings. The minimum atomic E-state index is -1.01. The molecule has 0 spiro atoms. The fraction of sp³-hybridized carbons (Fsp3) is 0.381. The lowest BCUT2D eigenvalue weighted by Crippen LogP contribution is -2.62. The fourth-order valence-corrected chi connectivity index (χ4v) is 3.76. The van der Waals surface area contributed by atoms with E-state index in [1.54, 1.807) is 19.1 Å². The van der Waals surface area contributed by atoms with Crippen LogP contribution in [-0.2, 0) is 11.3 Å². The van der Waals surface area contributed by atoms with Crippen molar-refractivity contribution in [1.82, 2.24) is 10.2 Å². The molecule has 0 saturated carbocycles. The van der Waals surface area contributed by atoms with Gasteiger partial charge in [0.25, 0.3) is 0 Å². The van der Waals surface area contributed by atoms with E-state index in [4.69, 9.17) is 0 Å². The van der Waals surface area contributed by atoms with E-state index in [0.29, 0.717) is 19.5 Å². The lowest BCUT2D eigenvalue weighted by Gasteiger charge is -2.49. The van der Waals surface area contributed by atoms with Gasteiger partial charge in [-0.3, -0.25) is 9.69 Å². The normalized spacial score (nSPS) is 26.4. The fourth-order valence-electron chi connectivity index (χ4n) is 3.76. The highest BCUT2D eigenvalue weighted by molar-refractivity contribution is 5.73. The van der Waals surface area contributed by atoms with Crippen LogP contribution < -0.4 is 5.32 Å². The smallest absolute Gasteiger partial charge is 0.217 e. The Balaban J connectivity index is 1.99. The zero-order valence-electron chi connectivity index (χ0n) is 15.2. The van der Waals surface area contributed by atoms with Gasteiger partial charge in [-0.25, -0.2) is 0 Å². The number of benzene rings is 2. The molecule has 5 heteroatoms. The number of aromatic hydroxyl groups is 1. The monoisotopic (exact) mass is 354 g/mol. The highest BCUT2D eigenvalue weighted by Crippen LogP contribution is 2.38. The molecule has 1 aliphatic heterocycles. The molecule has 0 aromatic heterocycles. The second kappa shape index (κ2) is 7.48. The van der Waals surface area contributed by atoms with Crippen LogP contribution in [0.25, 0.3) is 0 Å². The third kappa shape index (κ3) is 3.89. The first-order valence-electron chi connectivity index (χ1n) is 8.94. The standard InChI is InChI=1S/C21H26N2O3/c1-15(24)22-20-19(16-8-4-3-5-9-16)23(13-12-21(20,2)26)14-17-10-6-7-11-18(17)25/h3-11,19-20,25-26H,12-14H2,1-2H3,(H,22,24)/t19-,20-,21+/m0/s1. The largest absolute Gasteiger partial charge is 0.508 e. The Hall–Kier alpha value is -2.37. The van der Waals surface area contributed by atoms with Crippen molar-refractivity contribution in [2.45, 2.75) is 44.5 Å². The Labute approximate surface area is 154 Å². The maximum Gasteiger partial charge on any atom is 0.217 e. The Morgan fingerprint density at radius 2 is 1.85 bits per heavy atom. The first-order valence-corrected chi connectivity index (χ1v) is 8.94. The number of hydrogen-bond acceptors (Lipinski definition) is 4. The number of phenols is 1. The summed E-state index contributed by atoms with van der Waals surface area (Å²) in [5.74, 6) is 0.0911. The third-order valence-corrected chi connectivity index (χ3v) is 5.15. The van der Waals surface area contributed by atoms with Crippen LogP contribution in [0.1, 0.15) is 37.4 Å². The zero-order chi connectivity index (χ0) is 18.7. The molecule has 0 aliphatic carbocycles. The molecule has 26 heavy (non-hydrogen) atoms. The predicted molar refractivity (Wildman–Crippen MR) is 101 cm³/mol. The number of nitrogens with zero attached hydrogens (tertiary/aromatic N) is 1. The van der Waals surface area contributed by atoms with E-state index in [1.165, 1.54) is 6.92 Å². The van der Waals surface area contributed by atoms with Crippen molar-refractivity contribution in [3.63, 3.8) is 0 Å². The summed E-state index contributed by atoms with van der Waals surface area (Å²) in [5, 5.41) is 24.1. The molecule has 138 valence electrons. The van der Waals surface area contributed by atoms with Crippen LogP contribution in [0, 0.1) is 0 Å². The van der Waals surface area contributed by atoms with Crippen molar-refractivity contribution >= 4 is 5.91 Å². The van der Waals surface area contributed by atoms with Crippen molar-refractivity contribution < 1.29 is 15.0 Å². The number of nitrogens with one attached hydrogen (secondary N) is 1. The van der Waals surface area contributed by atoms with Gasteiger partial charge in [0, 0.05) is 25.6 Å². The number of aliphatic hydroxyl groups is 1. The lowest BCUT2D eigenvalue weighted by atomic mass is 9.79. The summed E-state index contributed by atoms with van der Waals surface area (Å²) in [6.45, 7) is 4.45. The van der Waals surface area contributed by atoms with Gasteiger partial charge in [-0.2, -0.15) is 0 Å². The highest BCUT2D eigenvalue weighted by Gasteiger charge is 2.45. The van der Waals surface area contributed by atoms with Gasteiger partial charge in [-0.05, 0) is 25.0 Å². The van der Waals surface area contributed by atoms with Gasteiger partial charge in [0.05, 0.1) is 17.7 Å². The number of amides is 1. The second-order valence-electron chi connectivity index (χ2n) is 7.24. The first-order chi connectivity index (χ1) is 12.4. The van der Waals surface area contributed by atoms with E-state index >= 15 is 0 Å². The minimum Gasteiger partial charge on any atom is -0.508 e. The number of likely N-dealkylation sites (tertiary alicyclic amines) is 1. The maximum atomic E-state index is 11.8. The molecule has 0 bridgehead atoms. The minimum absolute atomic E-state index is 0.166. The summed E-state index contributed by atoms with van der Waals surface area (Å²) in [4.78, 5) is 14.0. The summed E-state index contributed by atoms with van der Waals surface area (Å²) in [6.07, 6.45) is 0.537. The number of carbonyl (C=O) groups is 1. The van der Waals surface area contributed by atoms with Gasteiger partial charge in [0.15, 0.2) is 0 Å². The van der Waals surface area contributed by atoms with E-state index in [2.05, 4.69) is 10.2 Å². The van der Waals surface area contributed by atoms with Gasteiger partial charge in [-0.15, -0.1) is 0 Å². The predicted octanol–water partition coefficient (Wildman–Crippen LogP) is 2.59. The average molecular weight is 354 g/mol. The molecule has 3 N–H and O–H groups in total. The zero-order valence-corrected chi connectivity index (χ0v) is 15.2. The molecule has 0 unspecified atom stereocenters. The molecule has 1 heterocycles. The number of piperidine rings is 1. The van der Waals surface area contributed by atoms with E-state index in [0.717, 1.165) is 11.1 Å². The van der Waals surface area contributed by atoms with Crippen LogP contribution in [0.3, 0.4) is 0 Å². The van der Waals surface area contributed by atoms with Crippen molar-refractivity contribution in [1.29, 1.82) is 0 Å². The number of hydrogen-bond donors (Lipinski definition) is 3. The molecule has 3 rings (SSSR count). The van der Waals surface area contributed by atoms with Crippen molar-refractivity contribution in [2.24, 2.45) is 0 Å². The first kappa shape index (κ1) is 18.4. The molecule has 1 aliphatic rings. The molecule has 1 saturated heterocycles. The number of rotatable bonds is 4. The quantitative estimate of drug-likeness (QED) is 0.789. The maximum absolute atomic E-state index is 11.8. The van der Waals surface area contributed by atoms with Gasteiger partial charge in [0.1, 0.15) is 5.75 Å². The molecule has 3 atom stereocenters. The van der Waals surface area contributed by atoms with Gasteiger partial charge in [-0.1, -0.05) is 48.5 Å². The average Bonchev–Trinajstić information content (AvgIpc) is 2.60. The van der Waals surface area contributed by atoms with Crippen LogP contribution in [0.15, 0.2) is 54.6 Å². The molecular weight excluding hydrogens is 328 g/mol. The number of carbonyl (C=O) groups excluding carboxylic acids is 1. The van der Waals surface area contributed by atoms with Crippen LogP contribution in [0.4, 0.5) is 0 Å². The molecule has 0 radical (unpaired) electrons. The van der Waals surface area contributed by atoms with Crippen LogP contribution >= 0.6 is 0 Å². The van der Waals surface area contributed by atoms with Crippen molar-refractivity contribution in [3.8, 4) is 5.75 Å². The molecular formula is C21H26N2O3. The van der Waals surface area contributed by atoms with Crippen LogP contribution in [0.2, 0.25) is 0 Å². The Morgan fingerprint density at radius 1 is 1.19 bits per heavy atom. The van der Waals surface area contributed by atoms with Gasteiger partial charge >= 0.3 is 0 Å². The molecule has 2 aromatic rings. The van der Waals surface area contributed by atoms with Crippen LogP contribution in [0.5, 0.6) is 5.75 Å². The van der Waals surface area contributed by atoms with E-state index in [1.807, 2.05) is 42.5 Å². The van der Waals surface area contributed by atoms with Gasteiger partial charge < -0.3 is 15.5 Å². The molecule has 5 nitrogen and oxygen atoms in total. The summed E-state index contributed by atoms with van der Waals surface area (Å²) in [7, 11) is 0. The van der Waals surface area contributed by atoms with E-state index in [-0.39, 0.29) is 17.7 Å². The molecule has 1 amide bonds. The SMILES string of the molecule is CC(=O)N[C@H]1[C@H](c2ccccc2)N(Cc2ccccc2O)CC[C@@]1(C)O. The summed E-state index contributed by atoms with van der Waals surface area (Å²) in [6, 6.07) is 16.5. The van der Waals surface area contributed by atoms with E-state index < -0.39 is 11.6 Å². The molecule has 2 aromatic carbocycles. The van der Waals surface area contributed by atoms with Crippen LogP contribution in [-0.4, -0.2) is 39.2 Å². The Morgan fingerprint density at radius 3 is 2.50 bits per heavy atom. The summed E-state index contributed by atoms with van der Waals surface area (Å²) < 4.78 is 0. The van der Waals surface area contributed by atoms with Crippen molar-refractivity contribution in [2.75, 3.05) is 6.54 Å². The Bertz CT molecular complexity index is 761. The van der Waals surface area contributed by atoms with Crippen molar-refractivity contribution in [3.05, 3.63) is 65.7 Å². The second-order valence-corrected chi connectivity index (χ2v) is 7.24. The Kier molecular flexibility index (Phi) is 5.30. The topological polar surface area (TPSA) is 72.8 Å². The highest BCUT2D eigenvalue weighted by atomic mass is 16.3. The lowest BCUT2D eigenvalue weighted by molar-refractivity contribution is -0.126. The van der Waals surface area contributed by atoms with E-state index in [9.17, 15) is 15.0 Å². The number of para-hydroxylation sites is 1. The summed E-state index contributed by atoms with van der Waals surface area (Å²) in [5.41, 5.74) is 0.847. The van der Waals surface area contributed by atoms with Gasteiger partial charge in [0.2, 0.25) is 5.91 Å².